The highest BCUT2D eigenvalue weighted by Gasteiger charge is 1.96. The summed E-state index contributed by atoms with van der Waals surface area (Å²) in [5, 5.41) is 0. The number of benzene rings is 1. The van der Waals surface area contributed by atoms with Gasteiger partial charge in [0, 0.05) is 10.4 Å². The molecule has 12 heavy (non-hydrogen) atoms. The molecule has 0 bridgehead atoms. The maximum Gasteiger partial charge on any atom is 0.0226 e. The molecule has 0 heterocycles. The van der Waals surface area contributed by atoms with Crippen LogP contribution in [0.5, 0.6) is 0 Å². The third-order valence-corrected chi connectivity index (χ3v) is 2.98. The largest absolute Gasteiger partial charge is 0.127 e. The highest BCUT2D eigenvalue weighted by atomic mass is 79.9. The molecule has 1 aromatic rings. The van der Waals surface area contributed by atoms with Crippen LogP contribution in [0.4, 0.5) is 0 Å². The Morgan fingerprint density at radius 1 is 1.42 bits per heavy atom. The Bertz CT molecular complexity index is 258. The summed E-state index contributed by atoms with van der Waals surface area (Å²) >= 11 is 9.08. The van der Waals surface area contributed by atoms with E-state index in [0.29, 0.717) is 0 Å². The highest BCUT2D eigenvalue weighted by Crippen LogP contribution is 2.17. The van der Waals surface area contributed by atoms with Crippen molar-refractivity contribution in [2.75, 3.05) is 5.88 Å². The molecule has 2 heteroatoms. The lowest BCUT2D eigenvalue weighted by Gasteiger charge is -2.02. The molecule has 0 saturated heterocycles. The number of alkyl halides is 1. The van der Waals surface area contributed by atoms with E-state index in [1.807, 2.05) is 0 Å². The maximum absolute atomic E-state index is 5.61. The highest BCUT2D eigenvalue weighted by molar-refractivity contribution is 9.10. The molecule has 0 aliphatic carbocycles. The molecule has 0 atom stereocenters. The van der Waals surface area contributed by atoms with Crippen LogP contribution >= 0.6 is 27.5 Å². The lowest BCUT2D eigenvalue weighted by atomic mass is 10.1. The van der Waals surface area contributed by atoms with Gasteiger partial charge in [0.2, 0.25) is 0 Å². The first-order valence-corrected chi connectivity index (χ1v) is 5.38. The average molecular weight is 248 g/mol. The topological polar surface area (TPSA) is 0 Å². The Morgan fingerprint density at radius 3 is 2.75 bits per heavy atom. The smallest absolute Gasteiger partial charge is 0.0226 e. The molecule has 0 fully saturated rings. The Hall–Kier alpha value is -0.0100. The van der Waals surface area contributed by atoms with Crippen LogP contribution in [0.25, 0.3) is 0 Å². The van der Waals surface area contributed by atoms with Gasteiger partial charge in [0.05, 0.1) is 0 Å². The number of aryl methyl sites for hydroxylation is 2. The molecule has 1 aromatic carbocycles. The van der Waals surface area contributed by atoms with Crippen LogP contribution in [-0.2, 0) is 6.42 Å². The van der Waals surface area contributed by atoms with E-state index in [1.54, 1.807) is 0 Å². The molecule has 0 N–H and O–H groups in total. The molecule has 66 valence electrons. The van der Waals surface area contributed by atoms with Crippen molar-refractivity contribution in [1.29, 1.82) is 0 Å². The molecular weight excluding hydrogens is 235 g/mol. The van der Waals surface area contributed by atoms with Gasteiger partial charge in [-0.15, -0.1) is 11.6 Å². The Morgan fingerprint density at radius 2 is 2.17 bits per heavy atom. The van der Waals surface area contributed by atoms with E-state index in [0.717, 1.165) is 18.7 Å². The van der Waals surface area contributed by atoms with Crippen LogP contribution in [0.3, 0.4) is 0 Å². The van der Waals surface area contributed by atoms with Gasteiger partial charge >= 0.3 is 0 Å². The van der Waals surface area contributed by atoms with E-state index in [2.05, 4.69) is 41.1 Å². The molecule has 0 aliphatic rings. The van der Waals surface area contributed by atoms with Gasteiger partial charge in [-0.2, -0.15) is 0 Å². The summed E-state index contributed by atoms with van der Waals surface area (Å²) in [4.78, 5) is 0. The number of halogens is 2. The molecule has 0 radical (unpaired) electrons. The Labute approximate surface area is 87.1 Å². The van der Waals surface area contributed by atoms with Crippen molar-refractivity contribution < 1.29 is 0 Å². The monoisotopic (exact) mass is 246 g/mol. The number of hydrogen-bond donors (Lipinski definition) is 0. The van der Waals surface area contributed by atoms with Crippen LogP contribution < -0.4 is 0 Å². The average Bonchev–Trinajstić information content (AvgIpc) is 2.07. The predicted octanol–water partition coefficient (Wildman–Crippen LogP) is 3.93. The second-order valence-electron chi connectivity index (χ2n) is 2.88. The first kappa shape index (κ1) is 10.1. The molecular formula is C10H12BrCl. The molecule has 0 spiro atoms. The van der Waals surface area contributed by atoms with Gasteiger partial charge in [0.15, 0.2) is 0 Å². The zero-order valence-electron chi connectivity index (χ0n) is 7.11. The molecule has 0 amide bonds. The van der Waals surface area contributed by atoms with Crippen LogP contribution in [0.15, 0.2) is 22.7 Å². The molecule has 0 saturated carbocycles. The summed E-state index contributed by atoms with van der Waals surface area (Å²) in [6, 6.07) is 6.44. The number of hydrogen-bond acceptors (Lipinski definition) is 0. The van der Waals surface area contributed by atoms with Gasteiger partial charge in [-0.1, -0.05) is 28.1 Å². The molecule has 1 rings (SSSR count). The fourth-order valence-electron chi connectivity index (χ4n) is 1.13. The predicted molar refractivity (Wildman–Crippen MR) is 57.9 cm³/mol. The third-order valence-electron chi connectivity index (χ3n) is 1.82. The fourth-order valence-corrected chi connectivity index (χ4v) is 1.51. The van der Waals surface area contributed by atoms with Crippen LogP contribution in [0.1, 0.15) is 17.5 Å². The maximum atomic E-state index is 5.61. The van der Waals surface area contributed by atoms with Crippen LogP contribution in [-0.4, -0.2) is 5.88 Å². The van der Waals surface area contributed by atoms with E-state index in [-0.39, 0.29) is 0 Å². The van der Waals surface area contributed by atoms with Crippen molar-refractivity contribution >= 4 is 27.5 Å². The van der Waals surface area contributed by atoms with Gasteiger partial charge in [0.25, 0.3) is 0 Å². The zero-order valence-corrected chi connectivity index (χ0v) is 9.45. The van der Waals surface area contributed by atoms with Crippen molar-refractivity contribution in [1.82, 2.24) is 0 Å². The second-order valence-corrected chi connectivity index (χ2v) is 4.11. The zero-order chi connectivity index (χ0) is 8.97. The van der Waals surface area contributed by atoms with Gasteiger partial charge in [-0.25, -0.2) is 0 Å². The SMILES string of the molecule is Cc1cc(CCCCl)ccc1Br. The van der Waals surface area contributed by atoms with Gasteiger partial charge < -0.3 is 0 Å². The first-order chi connectivity index (χ1) is 5.74. The van der Waals surface area contributed by atoms with Crippen LogP contribution in [0.2, 0.25) is 0 Å². The first-order valence-electron chi connectivity index (χ1n) is 4.05. The van der Waals surface area contributed by atoms with Gasteiger partial charge in [0.1, 0.15) is 0 Å². The van der Waals surface area contributed by atoms with E-state index in [4.69, 9.17) is 11.6 Å². The van der Waals surface area contributed by atoms with Crippen molar-refractivity contribution in [3.63, 3.8) is 0 Å². The van der Waals surface area contributed by atoms with E-state index in [9.17, 15) is 0 Å². The quantitative estimate of drug-likeness (QED) is 0.710. The summed E-state index contributed by atoms with van der Waals surface area (Å²) < 4.78 is 1.18. The minimum Gasteiger partial charge on any atom is -0.127 e. The normalized spacial score (nSPS) is 10.2. The minimum absolute atomic E-state index is 0.745. The summed E-state index contributed by atoms with van der Waals surface area (Å²) in [7, 11) is 0. The molecule has 0 aromatic heterocycles. The summed E-state index contributed by atoms with van der Waals surface area (Å²) in [5.41, 5.74) is 2.67. The minimum atomic E-state index is 0.745. The molecule has 0 nitrogen and oxygen atoms in total. The third kappa shape index (κ3) is 2.80. The van der Waals surface area contributed by atoms with Crippen molar-refractivity contribution in [2.24, 2.45) is 0 Å². The standard InChI is InChI=1S/C10H12BrCl/c1-8-7-9(3-2-6-12)4-5-10(8)11/h4-5,7H,2-3,6H2,1H3. The van der Waals surface area contributed by atoms with Crippen molar-refractivity contribution in [2.45, 2.75) is 19.8 Å². The Kier molecular flexibility index (Phi) is 4.10. The lowest BCUT2D eigenvalue weighted by molar-refractivity contribution is 0.926. The van der Waals surface area contributed by atoms with E-state index in [1.165, 1.54) is 15.6 Å². The van der Waals surface area contributed by atoms with Crippen LogP contribution in [0, 0.1) is 6.92 Å². The summed E-state index contributed by atoms with van der Waals surface area (Å²) in [5.74, 6) is 0.745. The summed E-state index contributed by atoms with van der Waals surface area (Å²) in [6.45, 7) is 2.11. The van der Waals surface area contributed by atoms with Gasteiger partial charge in [-0.05, 0) is 37.0 Å². The van der Waals surface area contributed by atoms with Crippen molar-refractivity contribution in [3.05, 3.63) is 33.8 Å². The van der Waals surface area contributed by atoms with Gasteiger partial charge in [-0.3, -0.25) is 0 Å². The van der Waals surface area contributed by atoms with E-state index >= 15 is 0 Å². The molecule has 0 aliphatic heterocycles. The lowest BCUT2D eigenvalue weighted by Crippen LogP contribution is -1.87. The fraction of sp³-hybridized carbons (Fsp3) is 0.400. The summed E-state index contributed by atoms with van der Waals surface area (Å²) in [6.07, 6.45) is 2.14. The van der Waals surface area contributed by atoms with E-state index < -0.39 is 0 Å². The van der Waals surface area contributed by atoms with Crippen molar-refractivity contribution in [3.8, 4) is 0 Å². The Balaban J connectivity index is 2.69. The number of rotatable bonds is 3. The second kappa shape index (κ2) is 4.88. The molecule has 0 unspecified atom stereocenters.